The Morgan fingerprint density at radius 1 is 1.32 bits per heavy atom. The van der Waals surface area contributed by atoms with E-state index in [1.807, 2.05) is 35.8 Å². The Morgan fingerprint density at radius 3 is 2.80 bits per heavy atom. The van der Waals surface area contributed by atoms with Crippen molar-refractivity contribution in [3.63, 3.8) is 0 Å². The minimum Gasteiger partial charge on any atom is -0.310 e. The van der Waals surface area contributed by atoms with Crippen LogP contribution in [0.1, 0.15) is 23.7 Å². The molecule has 1 N–H and O–H groups in total. The zero-order valence-corrected chi connectivity index (χ0v) is 14.2. The van der Waals surface area contributed by atoms with Gasteiger partial charge in [-0.15, -0.1) is 0 Å². The van der Waals surface area contributed by atoms with Gasteiger partial charge in [0.15, 0.2) is 0 Å². The van der Waals surface area contributed by atoms with Crippen LogP contribution in [0.2, 0.25) is 5.02 Å². The van der Waals surface area contributed by atoms with E-state index in [2.05, 4.69) is 10.3 Å². The number of nitro benzene ring substituents is 1. The SMILES string of the molecule is CCCn1c(NC(=O)c2ccc(Cl)cc2[N+](=O)[O-])nc2ccccc21. The van der Waals surface area contributed by atoms with Crippen molar-refractivity contribution < 1.29 is 9.72 Å². The fraction of sp³-hybridized carbons (Fsp3) is 0.176. The number of imidazole rings is 1. The molecular weight excluding hydrogens is 344 g/mol. The molecule has 0 radical (unpaired) electrons. The molecule has 3 rings (SSSR count). The molecular formula is C17H15ClN4O3. The number of rotatable bonds is 5. The highest BCUT2D eigenvalue weighted by Crippen LogP contribution is 2.25. The number of para-hydroxylation sites is 2. The Bertz CT molecular complexity index is 968. The number of nitro groups is 1. The summed E-state index contributed by atoms with van der Waals surface area (Å²) in [4.78, 5) is 27.6. The summed E-state index contributed by atoms with van der Waals surface area (Å²) in [5.41, 5.74) is 1.23. The number of aryl methyl sites for hydroxylation is 1. The fourth-order valence-corrected chi connectivity index (χ4v) is 2.80. The van der Waals surface area contributed by atoms with Crippen LogP contribution in [-0.4, -0.2) is 20.4 Å². The molecule has 0 aliphatic heterocycles. The molecule has 0 saturated carbocycles. The lowest BCUT2D eigenvalue weighted by molar-refractivity contribution is -0.385. The Labute approximate surface area is 148 Å². The lowest BCUT2D eigenvalue weighted by atomic mass is 10.1. The van der Waals surface area contributed by atoms with Gasteiger partial charge in [0.05, 0.1) is 16.0 Å². The lowest BCUT2D eigenvalue weighted by Crippen LogP contribution is -2.17. The molecule has 0 aliphatic rings. The number of nitrogens with zero attached hydrogens (tertiary/aromatic N) is 3. The van der Waals surface area contributed by atoms with Gasteiger partial charge >= 0.3 is 0 Å². The number of amides is 1. The molecule has 1 heterocycles. The maximum Gasteiger partial charge on any atom is 0.283 e. The van der Waals surface area contributed by atoms with Gasteiger partial charge in [-0.25, -0.2) is 4.98 Å². The zero-order chi connectivity index (χ0) is 18.0. The quantitative estimate of drug-likeness (QED) is 0.545. The fourth-order valence-electron chi connectivity index (χ4n) is 2.64. The highest BCUT2D eigenvalue weighted by atomic mass is 35.5. The number of carbonyl (C=O) groups is 1. The molecule has 0 spiro atoms. The smallest absolute Gasteiger partial charge is 0.283 e. The van der Waals surface area contributed by atoms with Crippen molar-refractivity contribution in [3.05, 3.63) is 63.2 Å². The second-order valence-electron chi connectivity index (χ2n) is 5.45. The van der Waals surface area contributed by atoms with E-state index in [4.69, 9.17) is 11.6 Å². The van der Waals surface area contributed by atoms with Crippen LogP contribution in [0.5, 0.6) is 0 Å². The summed E-state index contributed by atoms with van der Waals surface area (Å²) in [5.74, 6) is -0.242. The summed E-state index contributed by atoms with van der Waals surface area (Å²) in [7, 11) is 0. The Kier molecular flexibility index (Phi) is 4.67. The molecule has 0 atom stereocenters. The van der Waals surface area contributed by atoms with Crippen molar-refractivity contribution in [2.24, 2.45) is 0 Å². The monoisotopic (exact) mass is 358 g/mol. The molecule has 0 fully saturated rings. The summed E-state index contributed by atoms with van der Waals surface area (Å²) in [5, 5.41) is 14.1. The molecule has 1 aromatic heterocycles. The molecule has 0 saturated heterocycles. The van der Waals surface area contributed by atoms with Crippen LogP contribution in [0.3, 0.4) is 0 Å². The number of anilines is 1. The van der Waals surface area contributed by atoms with Crippen LogP contribution in [0.4, 0.5) is 11.6 Å². The Balaban J connectivity index is 2.00. The summed E-state index contributed by atoms with van der Waals surface area (Å²) >= 11 is 5.79. The van der Waals surface area contributed by atoms with Gasteiger partial charge < -0.3 is 4.57 Å². The van der Waals surface area contributed by atoms with Crippen LogP contribution in [-0.2, 0) is 6.54 Å². The third-order valence-electron chi connectivity index (χ3n) is 3.73. The summed E-state index contributed by atoms with van der Waals surface area (Å²) in [6.07, 6.45) is 0.852. The van der Waals surface area contributed by atoms with E-state index in [9.17, 15) is 14.9 Å². The van der Waals surface area contributed by atoms with Crippen LogP contribution in [0.25, 0.3) is 11.0 Å². The van der Waals surface area contributed by atoms with Crippen LogP contribution < -0.4 is 5.32 Å². The minimum absolute atomic E-state index is 0.0653. The molecule has 25 heavy (non-hydrogen) atoms. The number of carbonyl (C=O) groups excluding carboxylic acids is 1. The molecule has 7 nitrogen and oxygen atoms in total. The highest BCUT2D eigenvalue weighted by molar-refractivity contribution is 6.31. The maximum atomic E-state index is 12.6. The summed E-state index contributed by atoms with van der Waals surface area (Å²) in [6, 6.07) is 11.5. The predicted molar refractivity (Wildman–Crippen MR) is 96.1 cm³/mol. The van der Waals surface area contributed by atoms with Gasteiger partial charge in [0, 0.05) is 17.6 Å². The van der Waals surface area contributed by atoms with Gasteiger partial charge in [-0.05, 0) is 30.7 Å². The summed E-state index contributed by atoms with van der Waals surface area (Å²) in [6.45, 7) is 2.68. The predicted octanol–water partition coefficient (Wildman–Crippen LogP) is 4.26. The van der Waals surface area contributed by atoms with Gasteiger partial charge in [0.2, 0.25) is 5.95 Å². The number of fused-ring (bicyclic) bond motifs is 1. The van der Waals surface area contributed by atoms with Crippen molar-refractivity contribution in [2.75, 3.05) is 5.32 Å². The number of nitrogens with one attached hydrogen (secondary N) is 1. The molecule has 0 unspecified atom stereocenters. The zero-order valence-electron chi connectivity index (χ0n) is 13.4. The molecule has 128 valence electrons. The van der Waals surface area contributed by atoms with Gasteiger partial charge in [-0.1, -0.05) is 30.7 Å². The van der Waals surface area contributed by atoms with E-state index >= 15 is 0 Å². The first-order valence-corrected chi connectivity index (χ1v) is 8.09. The Hall–Kier alpha value is -2.93. The first kappa shape index (κ1) is 16.9. The molecule has 8 heteroatoms. The molecule has 0 bridgehead atoms. The van der Waals surface area contributed by atoms with Crippen molar-refractivity contribution in [1.82, 2.24) is 9.55 Å². The molecule has 3 aromatic rings. The van der Waals surface area contributed by atoms with Gasteiger partial charge in [-0.2, -0.15) is 0 Å². The average Bonchev–Trinajstić information content (AvgIpc) is 2.92. The van der Waals surface area contributed by atoms with E-state index in [1.54, 1.807) is 0 Å². The third kappa shape index (κ3) is 3.32. The van der Waals surface area contributed by atoms with Crippen molar-refractivity contribution in [3.8, 4) is 0 Å². The van der Waals surface area contributed by atoms with E-state index < -0.39 is 10.8 Å². The van der Waals surface area contributed by atoms with Crippen molar-refractivity contribution in [1.29, 1.82) is 0 Å². The van der Waals surface area contributed by atoms with E-state index in [-0.39, 0.29) is 16.3 Å². The van der Waals surface area contributed by atoms with E-state index in [1.165, 1.54) is 12.1 Å². The molecule has 2 aromatic carbocycles. The topological polar surface area (TPSA) is 90.1 Å². The van der Waals surface area contributed by atoms with Gasteiger partial charge in [0.25, 0.3) is 11.6 Å². The average molecular weight is 359 g/mol. The standard InChI is InChI=1S/C17H15ClN4O3/c1-2-9-21-14-6-4-3-5-13(14)19-17(21)20-16(23)12-8-7-11(18)10-15(12)22(24)25/h3-8,10H,2,9H2,1H3,(H,19,20,23). The normalized spacial score (nSPS) is 10.8. The second kappa shape index (κ2) is 6.90. The van der Waals surface area contributed by atoms with E-state index in [0.29, 0.717) is 12.5 Å². The Morgan fingerprint density at radius 2 is 2.08 bits per heavy atom. The molecule has 0 aliphatic carbocycles. The maximum absolute atomic E-state index is 12.6. The highest BCUT2D eigenvalue weighted by Gasteiger charge is 2.22. The van der Waals surface area contributed by atoms with Gasteiger partial charge in [0.1, 0.15) is 5.56 Å². The number of hydrogen-bond acceptors (Lipinski definition) is 4. The number of hydrogen-bond donors (Lipinski definition) is 1. The first-order valence-electron chi connectivity index (χ1n) is 7.72. The third-order valence-corrected chi connectivity index (χ3v) is 3.96. The van der Waals surface area contributed by atoms with Crippen LogP contribution in [0.15, 0.2) is 42.5 Å². The van der Waals surface area contributed by atoms with E-state index in [0.717, 1.165) is 23.5 Å². The number of halogens is 1. The second-order valence-corrected chi connectivity index (χ2v) is 5.88. The number of benzene rings is 2. The lowest BCUT2D eigenvalue weighted by Gasteiger charge is -2.09. The summed E-state index contributed by atoms with van der Waals surface area (Å²) < 4.78 is 1.88. The van der Waals surface area contributed by atoms with Gasteiger partial charge in [-0.3, -0.25) is 20.2 Å². The van der Waals surface area contributed by atoms with Crippen molar-refractivity contribution in [2.45, 2.75) is 19.9 Å². The van der Waals surface area contributed by atoms with Crippen molar-refractivity contribution >= 4 is 40.2 Å². The first-order chi connectivity index (χ1) is 12.0. The largest absolute Gasteiger partial charge is 0.310 e. The van der Waals surface area contributed by atoms with Crippen LogP contribution in [0, 0.1) is 10.1 Å². The van der Waals surface area contributed by atoms with Crippen LogP contribution >= 0.6 is 11.6 Å². The minimum atomic E-state index is -0.629. The molecule has 1 amide bonds. The number of aromatic nitrogens is 2.